The monoisotopic (exact) mass is 334 g/mol. The molecular formula is C15H19BrN4. The first kappa shape index (κ1) is 13.8. The lowest BCUT2D eigenvalue weighted by atomic mass is 10.1. The highest BCUT2D eigenvalue weighted by Crippen LogP contribution is 2.18. The van der Waals surface area contributed by atoms with Crippen molar-refractivity contribution in [3.63, 3.8) is 0 Å². The van der Waals surface area contributed by atoms with Gasteiger partial charge in [-0.2, -0.15) is 0 Å². The number of nitrogens with zero attached hydrogens (tertiary/aromatic N) is 3. The number of hydrogen-bond acceptors (Lipinski definition) is 3. The average Bonchev–Trinajstić information content (AvgIpc) is 2.89. The quantitative estimate of drug-likeness (QED) is 0.933. The van der Waals surface area contributed by atoms with Gasteiger partial charge in [-0.15, -0.1) is 10.2 Å². The summed E-state index contributed by atoms with van der Waals surface area (Å²) in [5, 5.41) is 12.1. The van der Waals surface area contributed by atoms with Gasteiger partial charge in [-0.25, -0.2) is 0 Å². The van der Waals surface area contributed by atoms with Gasteiger partial charge in [0.15, 0.2) is 0 Å². The van der Waals surface area contributed by atoms with Crippen LogP contribution in [0.3, 0.4) is 0 Å². The number of benzene rings is 1. The molecule has 0 fully saturated rings. The van der Waals surface area contributed by atoms with Crippen molar-refractivity contribution in [3.8, 4) is 0 Å². The second-order valence-electron chi connectivity index (χ2n) is 5.30. The lowest BCUT2D eigenvalue weighted by Crippen LogP contribution is -2.22. The van der Waals surface area contributed by atoms with Crippen molar-refractivity contribution in [3.05, 3.63) is 46.0 Å². The molecule has 0 amide bonds. The summed E-state index contributed by atoms with van der Waals surface area (Å²) < 4.78 is 3.38. The Bertz CT molecular complexity index is 576. The number of halogens is 1. The molecular weight excluding hydrogens is 316 g/mol. The van der Waals surface area contributed by atoms with Crippen molar-refractivity contribution < 1.29 is 0 Å². The number of hydrogen-bond donors (Lipinski definition) is 1. The zero-order valence-electron chi connectivity index (χ0n) is 11.6. The Morgan fingerprint density at radius 3 is 2.85 bits per heavy atom. The van der Waals surface area contributed by atoms with Gasteiger partial charge in [-0.1, -0.05) is 28.1 Å². The Hall–Kier alpha value is -1.20. The minimum atomic E-state index is 0.305. The molecule has 3 rings (SSSR count). The number of fused-ring (bicyclic) bond motifs is 1. The van der Waals surface area contributed by atoms with Crippen LogP contribution in [0.5, 0.6) is 0 Å². The third kappa shape index (κ3) is 2.94. The molecule has 0 radical (unpaired) electrons. The van der Waals surface area contributed by atoms with E-state index in [4.69, 9.17) is 0 Å². The molecule has 1 aliphatic heterocycles. The van der Waals surface area contributed by atoms with Crippen LogP contribution in [0.2, 0.25) is 0 Å². The summed E-state index contributed by atoms with van der Waals surface area (Å²) in [4.78, 5) is 0. The third-order valence-corrected chi connectivity index (χ3v) is 4.40. The zero-order chi connectivity index (χ0) is 13.9. The molecule has 2 aromatic rings. The van der Waals surface area contributed by atoms with Gasteiger partial charge in [0.2, 0.25) is 0 Å². The second kappa shape index (κ2) is 6.06. The molecule has 106 valence electrons. The molecule has 1 N–H and O–H groups in total. The Labute approximate surface area is 127 Å². The summed E-state index contributed by atoms with van der Waals surface area (Å²) in [6.45, 7) is 4.01. The lowest BCUT2D eigenvalue weighted by Gasteiger charge is -2.17. The molecule has 0 saturated carbocycles. The summed E-state index contributed by atoms with van der Waals surface area (Å²) >= 11 is 3.46. The van der Waals surface area contributed by atoms with E-state index in [0.29, 0.717) is 6.04 Å². The highest BCUT2D eigenvalue weighted by molar-refractivity contribution is 9.10. The average molecular weight is 335 g/mol. The van der Waals surface area contributed by atoms with Crippen LogP contribution in [0.15, 0.2) is 28.7 Å². The Balaban J connectivity index is 1.64. The largest absolute Gasteiger partial charge is 0.314 e. The van der Waals surface area contributed by atoms with Crippen molar-refractivity contribution in [2.24, 2.45) is 0 Å². The van der Waals surface area contributed by atoms with E-state index in [1.165, 1.54) is 18.4 Å². The summed E-state index contributed by atoms with van der Waals surface area (Å²) in [5.41, 5.74) is 1.28. The minimum Gasteiger partial charge on any atom is -0.314 e. The molecule has 1 aromatic carbocycles. The molecule has 2 heterocycles. The van der Waals surface area contributed by atoms with Gasteiger partial charge in [-0.3, -0.25) is 0 Å². The van der Waals surface area contributed by atoms with Gasteiger partial charge in [0.25, 0.3) is 0 Å². The normalized spacial score (nSPS) is 15.9. The van der Waals surface area contributed by atoms with Crippen molar-refractivity contribution in [1.29, 1.82) is 0 Å². The molecule has 20 heavy (non-hydrogen) atoms. The van der Waals surface area contributed by atoms with Crippen molar-refractivity contribution in [2.75, 3.05) is 0 Å². The van der Waals surface area contributed by atoms with Crippen molar-refractivity contribution >= 4 is 15.9 Å². The van der Waals surface area contributed by atoms with E-state index in [-0.39, 0.29) is 0 Å². The maximum Gasteiger partial charge on any atom is 0.147 e. The van der Waals surface area contributed by atoms with E-state index < -0.39 is 0 Å². The number of aryl methyl sites for hydroxylation is 1. The zero-order valence-corrected chi connectivity index (χ0v) is 13.2. The van der Waals surface area contributed by atoms with Crippen LogP contribution in [0.25, 0.3) is 0 Å². The first-order valence-electron chi connectivity index (χ1n) is 7.14. The van der Waals surface area contributed by atoms with Gasteiger partial charge in [0.1, 0.15) is 11.6 Å². The van der Waals surface area contributed by atoms with E-state index in [0.717, 1.165) is 35.6 Å². The van der Waals surface area contributed by atoms with Crippen LogP contribution in [0, 0.1) is 0 Å². The highest BCUT2D eigenvalue weighted by Gasteiger charge is 2.16. The summed E-state index contributed by atoms with van der Waals surface area (Å²) in [7, 11) is 0. The second-order valence-corrected chi connectivity index (χ2v) is 6.21. The lowest BCUT2D eigenvalue weighted by molar-refractivity contribution is 0.484. The molecule has 0 bridgehead atoms. The van der Waals surface area contributed by atoms with Crippen molar-refractivity contribution in [1.82, 2.24) is 20.1 Å². The molecule has 4 nitrogen and oxygen atoms in total. The van der Waals surface area contributed by atoms with Gasteiger partial charge in [0.05, 0.1) is 6.54 Å². The summed E-state index contributed by atoms with van der Waals surface area (Å²) in [6, 6.07) is 8.74. The topological polar surface area (TPSA) is 42.7 Å². The van der Waals surface area contributed by atoms with Crippen LogP contribution >= 0.6 is 15.9 Å². The first-order chi connectivity index (χ1) is 9.74. The predicted molar refractivity (Wildman–Crippen MR) is 82.4 cm³/mol. The van der Waals surface area contributed by atoms with E-state index in [9.17, 15) is 0 Å². The Morgan fingerprint density at radius 1 is 1.25 bits per heavy atom. The maximum atomic E-state index is 4.32. The molecule has 1 atom stereocenters. The fourth-order valence-electron chi connectivity index (χ4n) is 2.61. The van der Waals surface area contributed by atoms with Crippen LogP contribution < -0.4 is 5.32 Å². The van der Waals surface area contributed by atoms with Gasteiger partial charge >= 0.3 is 0 Å². The number of aromatic nitrogens is 3. The number of nitrogens with one attached hydrogen (secondary N) is 1. The van der Waals surface area contributed by atoms with Crippen LogP contribution in [-0.4, -0.2) is 14.8 Å². The van der Waals surface area contributed by atoms with E-state index in [2.05, 4.69) is 67.2 Å². The van der Waals surface area contributed by atoms with E-state index in [1.54, 1.807) is 0 Å². The summed E-state index contributed by atoms with van der Waals surface area (Å²) in [6.07, 6.45) is 3.54. The fraction of sp³-hybridized carbons (Fsp3) is 0.467. The highest BCUT2D eigenvalue weighted by atomic mass is 79.9. The molecule has 0 aliphatic carbocycles. The molecule has 1 aliphatic rings. The van der Waals surface area contributed by atoms with Crippen molar-refractivity contribution in [2.45, 2.75) is 45.3 Å². The predicted octanol–water partition coefficient (Wildman–Crippen LogP) is 3.23. The molecule has 0 unspecified atom stereocenters. The van der Waals surface area contributed by atoms with Crippen LogP contribution in [0.1, 0.15) is 43.0 Å². The van der Waals surface area contributed by atoms with Crippen LogP contribution in [-0.2, 0) is 19.5 Å². The van der Waals surface area contributed by atoms with E-state index >= 15 is 0 Å². The van der Waals surface area contributed by atoms with Gasteiger partial charge in [0, 0.05) is 23.5 Å². The Morgan fingerprint density at radius 2 is 2.05 bits per heavy atom. The molecule has 0 saturated heterocycles. The Kier molecular flexibility index (Phi) is 4.17. The fourth-order valence-corrected chi connectivity index (χ4v) is 2.88. The smallest absolute Gasteiger partial charge is 0.147 e. The minimum absolute atomic E-state index is 0.305. The van der Waals surface area contributed by atoms with E-state index in [1.807, 2.05) is 0 Å². The SMILES string of the molecule is C[C@H](NCc1nnc2n1CCCC2)c1ccc(Br)cc1. The van der Waals surface area contributed by atoms with Crippen LogP contribution in [0.4, 0.5) is 0 Å². The number of rotatable bonds is 4. The maximum absolute atomic E-state index is 4.32. The molecule has 1 aromatic heterocycles. The summed E-state index contributed by atoms with van der Waals surface area (Å²) in [5.74, 6) is 2.20. The van der Waals surface area contributed by atoms with Gasteiger partial charge < -0.3 is 9.88 Å². The molecule has 5 heteroatoms. The molecule has 0 spiro atoms. The van der Waals surface area contributed by atoms with Gasteiger partial charge in [-0.05, 0) is 37.5 Å². The first-order valence-corrected chi connectivity index (χ1v) is 7.93. The standard InChI is InChI=1S/C15H19BrN4/c1-11(12-5-7-13(16)8-6-12)17-10-15-19-18-14-4-2-3-9-20(14)15/h5-8,11,17H,2-4,9-10H2,1H3/t11-/m0/s1. The third-order valence-electron chi connectivity index (χ3n) is 3.87.